The molecule has 0 aliphatic heterocycles. The molecule has 0 unspecified atom stereocenters. The van der Waals surface area contributed by atoms with Crippen LogP contribution in [-0.4, -0.2) is 28.4 Å². The van der Waals surface area contributed by atoms with Gasteiger partial charge < -0.3 is 24.5 Å². The summed E-state index contributed by atoms with van der Waals surface area (Å²) in [5.41, 5.74) is 3.23. The van der Waals surface area contributed by atoms with Crippen molar-refractivity contribution in [2.24, 2.45) is 0 Å². The third kappa shape index (κ3) is 7.30. The molecule has 2 heterocycles. The van der Waals surface area contributed by atoms with Crippen LogP contribution in [0.1, 0.15) is 91.2 Å². The van der Waals surface area contributed by atoms with E-state index >= 15 is 0 Å². The van der Waals surface area contributed by atoms with Gasteiger partial charge in [-0.1, -0.05) is 78.9 Å². The van der Waals surface area contributed by atoms with Crippen LogP contribution in [0.15, 0.2) is 100 Å². The lowest BCUT2D eigenvalue weighted by Gasteiger charge is -2.43. The second-order valence-corrected chi connectivity index (χ2v) is 16.3. The molecule has 9 nitrogen and oxygen atoms in total. The fourth-order valence-electron chi connectivity index (χ4n) is 7.32. The summed E-state index contributed by atoms with van der Waals surface area (Å²) in [6.07, 6.45) is 6.00. The number of carbonyl (C=O) groups is 2. The van der Waals surface area contributed by atoms with E-state index in [9.17, 15) is 14.4 Å². The van der Waals surface area contributed by atoms with E-state index in [4.69, 9.17) is 18.9 Å². The van der Waals surface area contributed by atoms with Crippen molar-refractivity contribution < 1.29 is 23.5 Å². The summed E-state index contributed by atoms with van der Waals surface area (Å²) in [6, 6.07) is 27.1. The van der Waals surface area contributed by atoms with Crippen LogP contribution < -0.4 is 16.1 Å². The summed E-state index contributed by atoms with van der Waals surface area (Å²) in [6.45, 7) is 11.1. The lowest BCUT2D eigenvalue weighted by Crippen LogP contribution is -2.52. The molecule has 2 aromatic heterocycles. The Morgan fingerprint density at radius 1 is 0.660 bits per heavy atom. The first kappa shape index (κ1) is 35.9. The molecule has 2 saturated carbocycles. The highest BCUT2D eigenvalue weighted by Gasteiger charge is 2.42. The normalized spacial score (nSPS) is 16.2. The molecule has 0 spiro atoms. The number of benzene rings is 3. The monoisotopic (exact) mass is 713 g/mol. The lowest BCUT2D eigenvalue weighted by atomic mass is 9.71. The van der Waals surface area contributed by atoms with Gasteiger partial charge in [0.25, 0.3) is 0 Å². The Kier molecular flexibility index (Phi) is 9.17. The van der Waals surface area contributed by atoms with Gasteiger partial charge in [0, 0.05) is 17.3 Å². The number of nitrogens with zero attached hydrogens (tertiary/aromatic N) is 1. The zero-order valence-corrected chi connectivity index (χ0v) is 31.3. The van der Waals surface area contributed by atoms with Gasteiger partial charge in [-0.15, -0.1) is 0 Å². The van der Waals surface area contributed by atoms with Crippen LogP contribution in [0, 0.1) is 0 Å². The van der Waals surface area contributed by atoms with E-state index in [2.05, 4.69) is 10.6 Å². The number of amides is 2. The van der Waals surface area contributed by atoms with Crippen molar-refractivity contribution in [2.75, 3.05) is 0 Å². The maximum Gasteiger partial charge on any atom is 0.408 e. The van der Waals surface area contributed by atoms with Crippen molar-refractivity contribution in [2.45, 2.75) is 102 Å². The Hall–Kier alpha value is -5.44. The third-order valence-electron chi connectivity index (χ3n) is 10.2. The number of hydrogen-bond acceptors (Lipinski definition) is 7. The molecule has 2 fully saturated rings. The van der Waals surface area contributed by atoms with E-state index in [0.29, 0.717) is 33.6 Å². The number of rotatable bonds is 7. The van der Waals surface area contributed by atoms with Gasteiger partial charge in [-0.25, -0.2) is 9.59 Å². The van der Waals surface area contributed by atoms with Crippen LogP contribution >= 0.6 is 0 Å². The lowest BCUT2D eigenvalue weighted by molar-refractivity contribution is 0.0365. The fourth-order valence-corrected chi connectivity index (χ4v) is 7.32. The molecule has 0 atom stereocenters. The molecule has 5 aromatic rings. The number of aromatic nitrogens is 1. The molecule has 7 rings (SSSR count). The highest BCUT2D eigenvalue weighted by atomic mass is 16.6. The topological polar surface area (TPSA) is 120 Å². The minimum atomic E-state index is -0.602. The molecule has 0 saturated heterocycles. The predicted molar refractivity (Wildman–Crippen MR) is 206 cm³/mol. The summed E-state index contributed by atoms with van der Waals surface area (Å²) in [5, 5.41) is 6.66. The van der Waals surface area contributed by atoms with E-state index < -0.39 is 34.5 Å². The number of fused-ring (bicyclic) bond motifs is 1. The van der Waals surface area contributed by atoms with Crippen LogP contribution in [0.5, 0.6) is 0 Å². The average Bonchev–Trinajstić information content (AvgIpc) is 3.07. The molecule has 9 heteroatoms. The molecular formula is C44H47N3O6. The quantitative estimate of drug-likeness (QED) is 0.172. The summed E-state index contributed by atoms with van der Waals surface area (Å²) < 4.78 is 17.9. The van der Waals surface area contributed by atoms with Gasteiger partial charge in [-0.2, -0.15) is 0 Å². The van der Waals surface area contributed by atoms with E-state index in [1.54, 1.807) is 12.3 Å². The van der Waals surface area contributed by atoms with Crippen LogP contribution in [-0.2, 0) is 20.6 Å². The van der Waals surface area contributed by atoms with Gasteiger partial charge in [0.1, 0.15) is 22.7 Å². The Morgan fingerprint density at radius 2 is 1.15 bits per heavy atom. The number of hydrogen-bond donors (Lipinski definition) is 2. The minimum Gasteiger partial charge on any atom is -0.453 e. The molecule has 2 amide bonds. The molecule has 274 valence electrons. The predicted octanol–water partition coefficient (Wildman–Crippen LogP) is 10.00. The second-order valence-electron chi connectivity index (χ2n) is 16.3. The van der Waals surface area contributed by atoms with Crippen LogP contribution in [0.3, 0.4) is 0 Å². The molecule has 2 aliphatic rings. The van der Waals surface area contributed by atoms with Crippen LogP contribution in [0.2, 0.25) is 0 Å². The van der Waals surface area contributed by atoms with Crippen molar-refractivity contribution in [1.29, 1.82) is 0 Å². The van der Waals surface area contributed by atoms with E-state index in [-0.39, 0.29) is 5.43 Å². The van der Waals surface area contributed by atoms with Gasteiger partial charge >= 0.3 is 12.2 Å². The maximum atomic E-state index is 14.6. The third-order valence-corrected chi connectivity index (χ3v) is 10.2. The number of nitrogens with one attached hydrogen (secondary N) is 2. The zero-order valence-electron chi connectivity index (χ0n) is 31.3. The first-order chi connectivity index (χ1) is 25.2. The van der Waals surface area contributed by atoms with Crippen molar-refractivity contribution in [1.82, 2.24) is 15.6 Å². The van der Waals surface area contributed by atoms with Crippen molar-refractivity contribution >= 4 is 23.2 Å². The highest BCUT2D eigenvalue weighted by molar-refractivity contribution is 5.95. The first-order valence-corrected chi connectivity index (χ1v) is 18.4. The summed E-state index contributed by atoms with van der Waals surface area (Å²) in [7, 11) is 0. The second kappa shape index (κ2) is 13.5. The molecule has 2 N–H and O–H groups in total. The molecule has 53 heavy (non-hydrogen) atoms. The number of pyridine rings is 1. The summed E-state index contributed by atoms with van der Waals surface area (Å²) in [5.74, 6) is 0.446. The Balaban J connectivity index is 1.25. The maximum absolute atomic E-state index is 14.6. The van der Waals surface area contributed by atoms with E-state index in [0.717, 1.165) is 60.8 Å². The van der Waals surface area contributed by atoms with E-state index in [1.165, 1.54) is 0 Å². The largest absolute Gasteiger partial charge is 0.453 e. The molecule has 2 aliphatic carbocycles. The first-order valence-electron chi connectivity index (χ1n) is 18.4. The van der Waals surface area contributed by atoms with Gasteiger partial charge in [-0.05, 0) is 103 Å². The molecule has 3 aromatic carbocycles. The molecule has 0 bridgehead atoms. The fraction of sp³-hybridized carbons (Fsp3) is 0.364. The van der Waals surface area contributed by atoms with Gasteiger partial charge in [0.2, 0.25) is 5.43 Å². The van der Waals surface area contributed by atoms with Crippen LogP contribution in [0.25, 0.3) is 44.7 Å². The van der Waals surface area contributed by atoms with E-state index in [1.807, 2.05) is 120 Å². The smallest absolute Gasteiger partial charge is 0.408 e. The van der Waals surface area contributed by atoms with Crippen LogP contribution in [0.4, 0.5) is 9.59 Å². The molecule has 0 radical (unpaired) electrons. The van der Waals surface area contributed by atoms with Crippen molar-refractivity contribution in [3.63, 3.8) is 0 Å². The molecular weight excluding hydrogens is 666 g/mol. The Morgan fingerprint density at radius 3 is 1.60 bits per heavy atom. The van der Waals surface area contributed by atoms with Crippen molar-refractivity contribution in [3.8, 4) is 33.7 Å². The van der Waals surface area contributed by atoms with Gasteiger partial charge in [-0.3, -0.25) is 9.78 Å². The minimum absolute atomic E-state index is 0.168. The number of ether oxygens (including phenoxy) is 2. The summed E-state index contributed by atoms with van der Waals surface area (Å²) in [4.78, 5) is 44.8. The summed E-state index contributed by atoms with van der Waals surface area (Å²) >= 11 is 0. The van der Waals surface area contributed by atoms with Gasteiger partial charge in [0.15, 0.2) is 5.58 Å². The Bertz CT molecular complexity index is 2200. The standard InChI is InChI=1S/C44H47N3O6/c1-41(2,3)52-39(49)46-43(23-10-24-43)31-18-14-28(15-19-31)34-36(48)33-22-27-45-35(38(33)51-37(34)30-12-8-7-9-13-30)29-16-20-32(21-17-29)44(25-11-26-44)47-40(50)53-42(4,5)6/h7-9,12-22,27H,10-11,23-26H2,1-6H3,(H,46,49)(H,47,50). The zero-order chi connectivity index (χ0) is 37.6. The van der Waals surface area contributed by atoms with Crippen molar-refractivity contribution in [3.05, 3.63) is 112 Å². The Labute approximate surface area is 310 Å². The average molecular weight is 714 g/mol. The number of alkyl carbamates (subject to hydrolysis) is 2. The van der Waals surface area contributed by atoms with Gasteiger partial charge in [0.05, 0.1) is 22.0 Å². The SMILES string of the molecule is CC(C)(C)OC(=O)NC1(c2ccc(-c3c(-c4ccccc4)oc4c(-c5ccc(C6(NC(=O)OC(C)(C)C)CCC6)cc5)nccc4c3=O)cc2)CCC1. The highest BCUT2D eigenvalue weighted by Crippen LogP contribution is 2.44. The number of carbonyl (C=O) groups excluding carboxylic acids is 2.